The molecule has 1 saturated heterocycles. The smallest absolute Gasteiger partial charge is 0.323 e. The van der Waals surface area contributed by atoms with E-state index < -0.39 is 11.8 Å². The number of aromatic nitrogens is 2. The number of carbonyl (C=O) groups is 1. The first-order chi connectivity index (χ1) is 21.0. The van der Waals surface area contributed by atoms with Crippen molar-refractivity contribution in [1.82, 2.24) is 14.9 Å². The Bertz CT molecular complexity index is 1600. The van der Waals surface area contributed by atoms with Gasteiger partial charge in [0, 0.05) is 37.1 Å². The summed E-state index contributed by atoms with van der Waals surface area (Å²) in [6.45, 7) is 5.60. The molecule has 2 amide bonds. The number of urea groups is 1. The number of nitrogens with zero attached hydrogens (tertiary/aromatic N) is 3. The zero-order chi connectivity index (χ0) is 29.6. The predicted molar refractivity (Wildman–Crippen MR) is 158 cm³/mol. The highest BCUT2D eigenvalue weighted by Crippen LogP contribution is 2.47. The third-order valence-corrected chi connectivity index (χ3v) is 7.12. The van der Waals surface area contributed by atoms with Crippen LogP contribution in [0.1, 0.15) is 6.42 Å². The van der Waals surface area contributed by atoms with E-state index in [0.717, 1.165) is 39.3 Å². The normalized spacial score (nSPS) is 14.7. The first-order valence-corrected chi connectivity index (χ1v) is 14.2. The van der Waals surface area contributed by atoms with Gasteiger partial charge in [-0.05, 0) is 48.9 Å². The topological polar surface area (TPSA) is 116 Å². The first-order valence-electron chi connectivity index (χ1n) is 13.8. The van der Waals surface area contributed by atoms with E-state index in [4.69, 9.17) is 35.3 Å². The van der Waals surface area contributed by atoms with E-state index in [9.17, 15) is 9.18 Å². The van der Waals surface area contributed by atoms with Crippen molar-refractivity contribution < 1.29 is 32.9 Å². The summed E-state index contributed by atoms with van der Waals surface area (Å²) >= 11 is 5.78. The monoisotopic (exact) mass is 609 g/mol. The van der Waals surface area contributed by atoms with Gasteiger partial charge in [-0.15, -0.1) is 0 Å². The standard InChI is InChI=1S/C30H29ClFN5O6/c31-22-16-20(4-7-23(22)32)36-30(38)35-19-2-5-21(6-3-19)43-29-26-24(33-18-34-29)17-25(27-28(26)42-15-14-41-27)40-11-1-8-37-9-12-39-13-10-37/h2-7,16-18H,1,8-15H2,(H2,35,36,38). The maximum atomic E-state index is 13.4. The van der Waals surface area contributed by atoms with Gasteiger partial charge in [0.15, 0.2) is 11.5 Å². The highest BCUT2D eigenvalue weighted by Gasteiger charge is 2.25. The van der Waals surface area contributed by atoms with E-state index in [1.54, 1.807) is 24.3 Å². The van der Waals surface area contributed by atoms with Crippen molar-refractivity contribution in [1.29, 1.82) is 0 Å². The number of carbonyl (C=O) groups excluding carboxylic acids is 1. The van der Waals surface area contributed by atoms with Gasteiger partial charge in [0.1, 0.15) is 36.5 Å². The minimum absolute atomic E-state index is 0.0852. The van der Waals surface area contributed by atoms with Gasteiger partial charge in [-0.2, -0.15) is 0 Å². The Labute approximate surface area is 251 Å². The SMILES string of the molecule is O=C(Nc1ccc(Oc2ncnc3cc(OCCCN4CCOCC4)c4c(c23)OCCO4)cc1)Nc1ccc(F)c(Cl)c1. The molecular formula is C30H29ClFN5O6. The van der Waals surface area contributed by atoms with E-state index in [0.29, 0.717) is 65.1 Å². The van der Waals surface area contributed by atoms with Crippen LogP contribution in [0.3, 0.4) is 0 Å². The maximum Gasteiger partial charge on any atom is 0.323 e. The van der Waals surface area contributed by atoms with Crippen molar-refractivity contribution in [3.63, 3.8) is 0 Å². The van der Waals surface area contributed by atoms with Crippen LogP contribution in [0.4, 0.5) is 20.6 Å². The van der Waals surface area contributed by atoms with Crippen molar-refractivity contribution >= 4 is 39.9 Å². The maximum absolute atomic E-state index is 13.4. The fraction of sp³-hybridized carbons (Fsp3) is 0.300. The Kier molecular flexibility index (Phi) is 8.87. The Morgan fingerprint density at radius 2 is 1.70 bits per heavy atom. The van der Waals surface area contributed by atoms with Crippen LogP contribution in [0.5, 0.6) is 28.9 Å². The summed E-state index contributed by atoms with van der Waals surface area (Å²) in [5, 5.41) is 5.79. The zero-order valence-corrected chi connectivity index (χ0v) is 23.9. The summed E-state index contributed by atoms with van der Waals surface area (Å²) in [5.41, 5.74) is 1.46. The number of benzene rings is 3. The second-order valence-electron chi connectivity index (χ2n) is 9.79. The van der Waals surface area contributed by atoms with Crippen molar-refractivity contribution in [2.24, 2.45) is 0 Å². The quantitative estimate of drug-likeness (QED) is 0.229. The third kappa shape index (κ3) is 6.99. The minimum atomic E-state index is -0.567. The number of hydrogen-bond acceptors (Lipinski definition) is 9. The van der Waals surface area contributed by atoms with Crippen LogP contribution in [0, 0.1) is 5.82 Å². The largest absolute Gasteiger partial charge is 0.489 e. The fourth-order valence-corrected chi connectivity index (χ4v) is 4.93. The molecule has 0 spiro atoms. The van der Waals surface area contributed by atoms with Gasteiger partial charge in [-0.25, -0.2) is 19.2 Å². The second kappa shape index (κ2) is 13.3. The lowest BCUT2D eigenvalue weighted by Crippen LogP contribution is -2.37. The molecule has 0 atom stereocenters. The number of amides is 2. The van der Waals surface area contributed by atoms with E-state index >= 15 is 0 Å². The molecule has 0 unspecified atom stereocenters. The molecule has 2 N–H and O–H groups in total. The number of nitrogens with one attached hydrogen (secondary N) is 2. The van der Waals surface area contributed by atoms with Crippen LogP contribution in [-0.4, -0.2) is 73.6 Å². The van der Waals surface area contributed by atoms with Gasteiger partial charge in [0.2, 0.25) is 11.6 Å². The summed E-state index contributed by atoms with van der Waals surface area (Å²) in [6, 6.07) is 11.9. The number of hydrogen-bond donors (Lipinski definition) is 2. The lowest BCUT2D eigenvalue weighted by atomic mass is 10.1. The number of halogens is 2. The number of fused-ring (bicyclic) bond motifs is 3. The lowest BCUT2D eigenvalue weighted by molar-refractivity contribution is 0.0357. The number of rotatable bonds is 9. The molecule has 11 nitrogen and oxygen atoms in total. The molecule has 3 aromatic carbocycles. The molecule has 2 aliphatic rings. The molecule has 6 rings (SSSR count). The highest BCUT2D eigenvalue weighted by molar-refractivity contribution is 6.31. The molecule has 3 heterocycles. The van der Waals surface area contributed by atoms with Gasteiger partial charge in [-0.3, -0.25) is 4.90 Å². The summed E-state index contributed by atoms with van der Waals surface area (Å²) in [6.07, 6.45) is 2.27. The fourth-order valence-electron chi connectivity index (χ4n) is 4.75. The molecule has 1 fully saturated rings. The van der Waals surface area contributed by atoms with Crippen molar-refractivity contribution in [2.45, 2.75) is 6.42 Å². The van der Waals surface area contributed by atoms with Gasteiger partial charge >= 0.3 is 6.03 Å². The van der Waals surface area contributed by atoms with Crippen LogP contribution < -0.4 is 29.6 Å². The van der Waals surface area contributed by atoms with E-state index in [1.807, 2.05) is 6.07 Å². The molecule has 13 heteroatoms. The van der Waals surface area contributed by atoms with Crippen LogP contribution >= 0.6 is 11.6 Å². The molecule has 0 saturated carbocycles. The van der Waals surface area contributed by atoms with Gasteiger partial charge < -0.3 is 34.3 Å². The van der Waals surface area contributed by atoms with E-state index in [-0.39, 0.29) is 10.9 Å². The van der Waals surface area contributed by atoms with Crippen LogP contribution in [0.2, 0.25) is 5.02 Å². The lowest BCUT2D eigenvalue weighted by Gasteiger charge is -2.26. The zero-order valence-electron chi connectivity index (χ0n) is 23.1. The van der Waals surface area contributed by atoms with E-state index in [1.165, 1.54) is 24.5 Å². The molecule has 1 aromatic heterocycles. The molecule has 224 valence electrons. The molecule has 0 radical (unpaired) electrons. The van der Waals surface area contributed by atoms with E-state index in [2.05, 4.69) is 25.5 Å². The van der Waals surface area contributed by atoms with Crippen molar-refractivity contribution in [2.75, 3.05) is 63.3 Å². The minimum Gasteiger partial charge on any atom is -0.489 e. The molecular weight excluding hydrogens is 581 g/mol. The highest BCUT2D eigenvalue weighted by atomic mass is 35.5. The molecule has 0 aliphatic carbocycles. The molecule has 43 heavy (non-hydrogen) atoms. The summed E-state index contributed by atoms with van der Waals surface area (Å²) in [7, 11) is 0. The second-order valence-corrected chi connectivity index (χ2v) is 10.2. The van der Waals surface area contributed by atoms with Crippen LogP contribution in [0.15, 0.2) is 54.9 Å². The Balaban J connectivity index is 1.13. The Morgan fingerprint density at radius 1 is 0.953 bits per heavy atom. The van der Waals surface area contributed by atoms with Crippen molar-refractivity contribution in [3.05, 3.63) is 65.7 Å². The summed E-state index contributed by atoms with van der Waals surface area (Å²) in [4.78, 5) is 23.5. The number of morpholine rings is 1. The average Bonchev–Trinajstić information content (AvgIpc) is 3.02. The summed E-state index contributed by atoms with van der Waals surface area (Å²) < 4.78 is 43.0. The Hall–Kier alpha value is -4.39. The third-order valence-electron chi connectivity index (χ3n) is 6.83. The number of anilines is 2. The Morgan fingerprint density at radius 3 is 2.49 bits per heavy atom. The average molecular weight is 610 g/mol. The van der Waals surface area contributed by atoms with Gasteiger partial charge in [0.05, 0.1) is 30.4 Å². The van der Waals surface area contributed by atoms with Crippen molar-refractivity contribution in [3.8, 4) is 28.9 Å². The predicted octanol–water partition coefficient (Wildman–Crippen LogP) is 5.73. The molecule has 0 bridgehead atoms. The first kappa shape index (κ1) is 28.7. The summed E-state index contributed by atoms with van der Waals surface area (Å²) in [5.74, 6) is 1.73. The molecule has 4 aromatic rings. The van der Waals surface area contributed by atoms with Crippen LogP contribution in [-0.2, 0) is 4.74 Å². The van der Waals surface area contributed by atoms with Crippen LogP contribution in [0.25, 0.3) is 10.9 Å². The molecule has 2 aliphatic heterocycles. The number of ether oxygens (including phenoxy) is 5. The van der Waals surface area contributed by atoms with Gasteiger partial charge in [-0.1, -0.05) is 11.6 Å². The van der Waals surface area contributed by atoms with Gasteiger partial charge in [0.25, 0.3) is 0 Å².